The summed E-state index contributed by atoms with van der Waals surface area (Å²) in [7, 11) is -9.43. The fourth-order valence-corrected chi connectivity index (χ4v) is 4.31. The first-order valence-corrected chi connectivity index (χ1v) is 11.0. The first-order chi connectivity index (χ1) is 8.57. The summed E-state index contributed by atoms with van der Waals surface area (Å²) in [4.78, 5) is 0. The van der Waals surface area contributed by atoms with E-state index in [9.17, 15) is 16.8 Å². The van der Waals surface area contributed by atoms with Crippen molar-refractivity contribution in [1.29, 1.82) is 0 Å². The van der Waals surface area contributed by atoms with Crippen LogP contribution in [0.2, 0.25) is 19.6 Å². The van der Waals surface area contributed by atoms with Crippen LogP contribution in [-0.2, 0) is 25.3 Å². The Labute approximate surface area is 114 Å². The summed E-state index contributed by atoms with van der Waals surface area (Å²) in [6.45, 7) is 5.11. The van der Waals surface area contributed by atoms with Crippen LogP contribution in [0, 0.1) is 0 Å². The van der Waals surface area contributed by atoms with Crippen molar-refractivity contribution in [2.75, 3.05) is 0 Å². The Kier molecular flexibility index (Phi) is 4.96. The molecule has 0 atom stereocenters. The van der Waals surface area contributed by atoms with Gasteiger partial charge < -0.3 is 8.37 Å². The van der Waals surface area contributed by atoms with Gasteiger partial charge in [0.1, 0.15) is 11.5 Å². The average molecular weight is 326 g/mol. The molecule has 1 aromatic rings. The second-order valence-corrected chi connectivity index (χ2v) is 11.0. The van der Waals surface area contributed by atoms with Gasteiger partial charge in [0.2, 0.25) is 8.32 Å². The molecule has 0 N–H and O–H groups in total. The Morgan fingerprint density at radius 1 is 1.00 bits per heavy atom. The standard InChI is InChI=1S/C9H14O7S2Si/c1-19(2,3)16-18(12,13)15-9-6-4-8(5-7-9)14-17(10)11/h4-7,17H,1-3H3. The Morgan fingerprint density at radius 3 is 1.89 bits per heavy atom. The molecule has 7 nitrogen and oxygen atoms in total. The van der Waals surface area contributed by atoms with Crippen LogP contribution in [0.4, 0.5) is 0 Å². The third-order valence-corrected chi connectivity index (χ3v) is 5.13. The van der Waals surface area contributed by atoms with Crippen molar-refractivity contribution in [3.63, 3.8) is 0 Å². The fraction of sp³-hybridized carbons (Fsp3) is 0.333. The first-order valence-electron chi connectivity index (χ1n) is 5.15. The fourth-order valence-electron chi connectivity index (χ4n) is 1.08. The van der Waals surface area contributed by atoms with Crippen LogP contribution < -0.4 is 8.37 Å². The highest BCUT2D eigenvalue weighted by atomic mass is 32.3. The van der Waals surface area contributed by atoms with Gasteiger partial charge in [-0.25, -0.2) is 0 Å². The maximum absolute atomic E-state index is 11.5. The van der Waals surface area contributed by atoms with Crippen molar-refractivity contribution < 1.29 is 29.1 Å². The number of hydrogen-bond donors (Lipinski definition) is 1. The van der Waals surface area contributed by atoms with Gasteiger partial charge in [0.05, 0.1) is 0 Å². The number of benzene rings is 1. The number of thiol groups is 1. The number of hydrogen-bond acceptors (Lipinski definition) is 7. The molecule has 0 aliphatic carbocycles. The van der Waals surface area contributed by atoms with Gasteiger partial charge in [-0.1, -0.05) is 0 Å². The van der Waals surface area contributed by atoms with E-state index in [0.29, 0.717) is 0 Å². The lowest BCUT2D eigenvalue weighted by atomic mass is 10.3. The molecule has 0 aromatic heterocycles. The predicted molar refractivity (Wildman–Crippen MR) is 71.4 cm³/mol. The van der Waals surface area contributed by atoms with Crippen LogP contribution >= 0.6 is 0 Å². The summed E-state index contributed by atoms with van der Waals surface area (Å²) >= 11 is 0. The summed E-state index contributed by atoms with van der Waals surface area (Å²) in [6.07, 6.45) is 0. The van der Waals surface area contributed by atoms with Crippen LogP contribution in [0.1, 0.15) is 0 Å². The third-order valence-electron chi connectivity index (χ3n) is 1.55. The minimum atomic E-state index is -4.13. The highest BCUT2D eigenvalue weighted by Gasteiger charge is 2.26. The molecule has 1 rings (SSSR count). The minimum absolute atomic E-state index is 0.00623. The molecule has 0 unspecified atom stereocenters. The van der Waals surface area contributed by atoms with Crippen LogP contribution in [0.5, 0.6) is 11.5 Å². The normalized spacial score (nSPS) is 12.4. The SMILES string of the molecule is C[Si](C)(C)OS(=O)(=O)Oc1ccc(O[SH](=O)=O)cc1. The monoisotopic (exact) mass is 326 g/mol. The zero-order chi connectivity index (χ0) is 14.7. The van der Waals surface area contributed by atoms with Gasteiger partial charge in [0.25, 0.3) is 11.0 Å². The molecular weight excluding hydrogens is 312 g/mol. The van der Waals surface area contributed by atoms with Crippen LogP contribution in [0.3, 0.4) is 0 Å². The molecule has 0 bridgehead atoms. The summed E-state index contributed by atoms with van der Waals surface area (Å²) in [5, 5.41) is 0. The summed E-state index contributed by atoms with van der Waals surface area (Å²) in [5.74, 6) is 0.0682. The summed E-state index contributed by atoms with van der Waals surface area (Å²) in [6, 6.07) is 5.06. The Morgan fingerprint density at radius 2 is 1.47 bits per heavy atom. The van der Waals surface area contributed by atoms with E-state index in [2.05, 4.69) is 4.18 Å². The van der Waals surface area contributed by atoms with Gasteiger partial charge >= 0.3 is 10.4 Å². The zero-order valence-electron chi connectivity index (χ0n) is 10.5. The van der Waals surface area contributed by atoms with Crippen molar-refractivity contribution in [2.24, 2.45) is 0 Å². The van der Waals surface area contributed by atoms with Gasteiger partial charge in [-0.3, -0.25) is 3.87 Å². The Hall–Kier alpha value is -1.10. The maximum atomic E-state index is 11.5. The molecule has 1 aromatic carbocycles. The molecule has 0 heterocycles. The van der Waals surface area contributed by atoms with Gasteiger partial charge in [0, 0.05) is 0 Å². The lowest BCUT2D eigenvalue weighted by molar-refractivity contribution is 0.391. The van der Waals surface area contributed by atoms with Crippen molar-refractivity contribution in [3.05, 3.63) is 24.3 Å². The van der Waals surface area contributed by atoms with E-state index in [-0.39, 0.29) is 11.5 Å². The highest BCUT2D eigenvalue weighted by Crippen LogP contribution is 2.20. The second-order valence-electron chi connectivity index (χ2n) is 4.47. The average Bonchev–Trinajstić information content (AvgIpc) is 2.15. The van der Waals surface area contributed by atoms with Crippen molar-refractivity contribution in [1.82, 2.24) is 0 Å². The second kappa shape index (κ2) is 5.90. The summed E-state index contributed by atoms with van der Waals surface area (Å²) in [5.41, 5.74) is 0. The quantitative estimate of drug-likeness (QED) is 0.617. The summed E-state index contributed by atoms with van der Waals surface area (Å²) < 4.78 is 57.7. The Balaban J connectivity index is 2.78. The van der Waals surface area contributed by atoms with E-state index in [1.165, 1.54) is 24.3 Å². The van der Waals surface area contributed by atoms with E-state index < -0.39 is 29.7 Å². The third kappa shape index (κ3) is 6.57. The van der Waals surface area contributed by atoms with E-state index >= 15 is 0 Å². The highest BCUT2D eigenvalue weighted by molar-refractivity contribution is 7.83. The molecular formula is C9H14O7S2Si. The molecule has 0 aliphatic rings. The van der Waals surface area contributed by atoms with Crippen LogP contribution in [0.25, 0.3) is 0 Å². The molecule has 10 heteroatoms. The topological polar surface area (TPSA) is 96.0 Å². The van der Waals surface area contributed by atoms with Gasteiger partial charge in [-0.15, -0.1) is 0 Å². The molecule has 0 aliphatic heterocycles. The molecule has 19 heavy (non-hydrogen) atoms. The molecule has 108 valence electrons. The predicted octanol–water partition coefficient (Wildman–Crippen LogP) is 1.07. The molecule has 0 radical (unpaired) electrons. The lowest BCUT2D eigenvalue weighted by Gasteiger charge is -2.16. The molecule has 0 amide bonds. The first kappa shape index (κ1) is 16.0. The van der Waals surface area contributed by atoms with E-state index in [1.807, 2.05) is 0 Å². The van der Waals surface area contributed by atoms with E-state index in [0.717, 1.165) is 0 Å². The van der Waals surface area contributed by atoms with Gasteiger partial charge in [-0.2, -0.15) is 16.8 Å². The van der Waals surface area contributed by atoms with Gasteiger partial charge in [-0.05, 0) is 43.9 Å². The Bertz CT molecular complexity index is 590. The molecule has 0 saturated carbocycles. The minimum Gasteiger partial charge on any atom is -0.384 e. The van der Waals surface area contributed by atoms with Crippen molar-refractivity contribution in [2.45, 2.75) is 19.6 Å². The smallest absolute Gasteiger partial charge is 0.384 e. The van der Waals surface area contributed by atoms with E-state index in [4.69, 9.17) is 8.06 Å². The van der Waals surface area contributed by atoms with E-state index in [1.54, 1.807) is 19.6 Å². The van der Waals surface area contributed by atoms with Crippen molar-refractivity contribution >= 4 is 29.7 Å². The molecule has 0 spiro atoms. The number of rotatable bonds is 6. The van der Waals surface area contributed by atoms with Crippen molar-refractivity contribution in [3.8, 4) is 11.5 Å². The molecule has 0 saturated heterocycles. The van der Waals surface area contributed by atoms with Crippen LogP contribution in [0.15, 0.2) is 24.3 Å². The largest absolute Gasteiger partial charge is 0.438 e. The maximum Gasteiger partial charge on any atom is 0.438 e. The van der Waals surface area contributed by atoms with Gasteiger partial charge in [0.15, 0.2) is 0 Å². The van der Waals surface area contributed by atoms with Crippen LogP contribution in [-0.4, -0.2) is 25.2 Å². The lowest BCUT2D eigenvalue weighted by Crippen LogP contribution is -2.31. The molecule has 0 fully saturated rings. The zero-order valence-corrected chi connectivity index (χ0v) is 13.2.